The van der Waals surface area contributed by atoms with E-state index in [9.17, 15) is 14.4 Å². The van der Waals surface area contributed by atoms with E-state index >= 15 is 0 Å². The van der Waals surface area contributed by atoms with E-state index < -0.39 is 18.0 Å². The summed E-state index contributed by atoms with van der Waals surface area (Å²) in [6.45, 7) is 0.494. The van der Waals surface area contributed by atoms with Crippen molar-refractivity contribution in [2.45, 2.75) is 44.6 Å². The van der Waals surface area contributed by atoms with Crippen molar-refractivity contribution in [3.63, 3.8) is 0 Å². The molecule has 1 aliphatic carbocycles. The number of fused-ring (bicyclic) bond motifs is 1. The number of carbonyl (C=O) groups excluding carboxylic acids is 3. The number of nitrogens with zero attached hydrogens (tertiary/aromatic N) is 1. The van der Waals surface area contributed by atoms with Gasteiger partial charge in [-0.3, -0.25) is 14.9 Å². The second kappa shape index (κ2) is 6.43. The Morgan fingerprint density at radius 1 is 1.32 bits per heavy atom. The molecule has 1 fully saturated rings. The van der Waals surface area contributed by atoms with Crippen LogP contribution in [-0.2, 0) is 28.9 Å². The van der Waals surface area contributed by atoms with Crippen LogP contribution in [0.2, 0.25) is 0 Å². The van der Waals surface area contributed by atoms with Gasteiger partial charge < -0.3 is 10.6 Å². The van der Waals surface area contributed by atoms with Crippen molar-refractivity contribution in [2.24, 2.45) is 0 Å². The second-order valence-electron chi connectivity index (χ2n) is 5.50. The number of rotatable bonds is 5. The van der Waals surface area contributed by atoms with Gasteiger partial charge in [-0.15, -0.1) is 11.3 Å². The molecule has 2 heterocycles. The van der Waals surface area contributed by atoms with E-state index in [-0.39, 0.29) is 12.3 Å². The zero-order chi connectivity index (χ0) is 15.5. The summed E-state index contributed by atoms with van der Waals surface area (Å²) >= 11 is 1.74. The van der Waals surface area contributed by atoms with E-state index in [0.29, 0.717) is 13.0 Å². The Bertz CT molecular complexity index is 590. The number of carbonyl (C=O) groups is 3. The van der Waals surface area contributed by atoms with Gasteiger partial charge in [0.05, 0.1) is 17.1 Å². The first-order valence-corrected chi connectivity index (χ1v) is 8.29. The molecule has 8 heteroatoms. The minimum Gasteiger partial charge on any atom is -0.356 e. The Labute approximate surface area is 131 Å². The molecule has 3 N–H and O–H groups in total. The lowest BCUT2D eigenvalue weighted by Crippen LogP contribution is -2.36. The molecule has 0 aromatic carbocycles. The molecule has 22 heavy (non-hydrogen) atoms. The average Bonchev–Trinajstić information content (AvgIpc) is 3.01. The van der Waals surface area contributed by atoms with Crippen molar-refractivity contribution in [3.8, 4) is 0 Å². The number of thiazole rings is 1. The van der Waals surface area contributed by atoms with E-state index in [0.717, 1.165) is 17.8 Å². The van der Waals surface area contributed by atoms with E-state index in [1.807, 2.05) is 0 Å². The number of aromatic nitrogens is 1. The van der Waals surface area contributed by atoms with Crippen LogP contribution in [0.25, 0.3) is 0 Å². The van der Waals surface area contributed by atoms with Crippen LogP contribution in [0.1, 0.15) is 34.8 Å². The van der Waals surface area contributed by atoms with Gasteiger partial charge in [-0.1, -0.05) is 0 Å². The molecule has 1 atom stereocenters. The zero-order valence-electron chi connectivity index (χ0n) is 12.1. The second-order valence-corrected chi connectivity index (χ2v) is 6.67. The number of urea groups is 1. The summed E-state index contributed by atoms with van der Waals surface area (Å²) in [5.41, 5.74) is 1.22. The van der Waals surface area contributed by atoms with Crippen molar-refractivity contribution in [1.82, 2.24) is 20.9 Å². The SMILES string of the molecule is O=C(C[C@@H]1NC(=O)NC1=O)NCCc1nc2c(s1)CCCC2. The fourth-order valence-corrected chi connectivity index (χ4v) is 3.84. The van der Waals surface area contributed by atoms with Gasteiger partial charge in [0.25, 0.3) is 5.91 Å². The maximum Gasteiger partial charge on any atom is 0.322 e. The van der Waals surface area contributed by atoms with Gasteiger partial charge in [-0.2, -0.15) is 0 Å². The third kappa shape index (κ3) is 3.44. The van der Waals surface area contributed by atoms with Crippen molar-refractivity contribution in [3.05, 3.63) is 15.6 Å². The lowest BCUT2D eigenvalue weighted by atomic mass is 10.0. The Morgan fingerprint density at radius 3 is 2.86 bits per heavy atom. The van der Waals surface area contributed by atoms with Gasteiger partial charge in [0, 0.05) is 17.8 Å². The smallest absolute Gasteiger partial charge is 0.322 e. The molecule has 0 unspecified atom stereocenters. The van der Waals surface area contributed by atoms with Gasteiger partial charge in [-0.25, -0.2) is 9.78 Å². The van der Waals surface area contributed by atoms with Crippen LogP contribution in [0.4, 0.5) is 4.79 Å². The molecule has 3 rings (SSSR count). The first kappa shape index (κ1) is 15.0. The van der Waals surface area contributed by atoms with Gasteiger partial charge in [0.1, 0.15) is 6.04 Å². The van der Waals surface area contributed by atoms with Crippen LogP contribution >= 0.6 is 11.3 Å². The topological polar surface area (TPSA) is 100 Å². The largest absolute Gasteiger partial charge is 0.356 e. The summed E-state index contributed by atoms with van der Waals surface area (Å²) < 4.78 is 0. The monoisotopic (exact) mass is 322 g/mol. The molecule has 0 bridgehead atoms. The Balaban J connectivity index is 1.43. The lowest BCUT2D eigenvalue weighted by Gasteiger charge is -2.07. The highest BCUT2D eigenvalue weighted by Gasteiger charge is 2.31. The highest BCUT2D eigenvalue weighted by Crippen LogP contribution is 2.26. The molecule has 1 saturated heterocycles. The molecule has 0 radical (unpaired) electrons. The van der Waals surface area contributed by atoms with E-state index in [2.05, 4.69) is 20.9 Å². The van der Waals surface area contributed by atoms with Crippen LogP contribution in [0.15, 0.2) is 0 Å². The molecule has 1 aromatic rings. The molecular weight excluding hydrogens is 304 g/mol. The minimum atomic E-state index is -0.764. The first-order chi connectivity index (χ1) is 10.6. The number of imide groups is 1. The quantitative estimate of drug-likeness (QED) is 0.678. The summed E-state index contributed by atoms with van der Waals surface area (Å²) in [4.78, 5) is 40.1. The first-order valence-electron chi connectivity index (χ1n) is 7.47. The Kier molecular flexibility index (Phi) is 4.37. The van der Waals surface area contributed by atoms with Gasteiger partial charge in [0.2, 0.25) is 5.91 Å². The predicted molar refractivity (Wildman–Crippen MR) is 80.5 cm³/mol. The summed E-state index contributed by atoms with van der Waals surface area (Å²) in [6, 6.07) is -1.31. The number of aryl methyl sites for hydroxylation is 2. The van der Waals surface area contributed by atoms with Crippen LogP contribution in [-0.4, -0.2) is 35.4 Å². The number of hydrogen-bond donors (Lipinski definition) is 3. The van der Waals surface area contributed by atoms with Crippen LogP contribution in [0, 0.1) is 0 Å². The van der Waals surface area contributed by atoms with E-state index in [1.54, 1.807) is 11.3 Å². The molecule has 0 saturated carbocycles. The summed E-state index contributed by atoms with van der Waals surface area (Å²) in [5, 5.41) is 8.33. The standard InChI is InChI=1S/C14H18N4O3S/c19-11(7-9-13(20)18-14(21)17-9)15-6-5-12-16-8-3-1-2-4-10(8)22-12/h9H,1-7H2,(H,15,19)(H2,17,18,20,21)/t9-/m0/s1. The number of amides is 4. The highest BCUT2D eigenvalue weighted by atomic mass is 32.1. The number of hydrogen-bond acceptors (Lipinski definition) is 5. The summed E-state index contributed by atoms with van der Waals surface area (Å²) in [5.74, 6) is -0.698. The maximum atomic E-state index is 11.8. The average molecular weight is 322 g/mol. The summed E-state index contributed by atoms with van der Waals surface area (Å²) in [6.07, 6.45) is 5.30. The van der Waals surface area contributed by atoms with Crippen molar-refractivity contribution < 1.29 is 14.4 Å². The number of nitrogens with one attached hydrogen (secondary N) is 3. The Hall–Kier alpha value is -1.96. The van der Waals surface area contributed by atoms with Crippen molar-refractivity contribution in [1.29, 1.82) is 0 Å². The van der Waals surface area contributed by atoms with Gasteiger partial charge in [-0.05, 0) is 25.7 Å². The molecule has 4 amide bonds. The van der Waals surface area contributed by atoms with Crippen LogP contribution < -0.4 is 16.0 Å². The molecule has 118 valence electrons. The molecular formula is C14H18N4O3S. The van der Waals surface area contributed by atoms with Crippen LogP contribution in [0.3, 0.4) is 0 Å². The maximum absolute atomic E-state index is 11.8. The van der Waals surface area contributed by atoms with Crippen LogP contribution in [0.5, 0.6) is 0 Å². The van der Waals surface area contributed by atoms with Crippen molar-refractivity contribution in [2.75, 3.05) is 6.54 Å². The highest BCUT2D eigenvalue weighted by molar-refractivity contribution is 7.11. The minimum absolute atomic E-state index is 0.0358. The zero-order valence-corrected chi connectivity index (χ0v) is 12.9. The lowest BCUT2D eigenvalue weighted by molar-refractivity contribution is -0.126. The van der Waals surface area contributed by atoms with Gasteiger partial charge >= 0.3 is 6.03 Å². The molecule has 1 aliphatic heterocycles. The van der Waals surface area contributed by atoms with E-state index in [1.165, 1.54) is 23.4 Å². The third-order valence-electron chi connectivity index (χ3n) is 3.80. The third-order valence-corrected chi connectivity index (χ3v) is 5.02. The van der Waals surface area contributed by atoms with Crippen molar-refractivity contribution >= 4 is 29.2 Å². The predicted octanol–water partition coefficient (Wildman–Crippen LogP) is 0.279. The van der Waals surface area contributed by atoms with Gasteiger partial charge in [0.15, 0.2) is 0 Å². The fourth-order valence-electron chi connectivity index (χ4n) is 2.68. The normalized spacial score (nSPS) is 20.3. The Morgan fingerprint density at radius 2 is 2.14 bits per heavy atom. The fraction of sp³-hybridized carbons (Fsp3) is 0.571. The molecule has 1 aromatic heterocycles. The summed E-state index contributed by atoms with van der Waals surface area (Å²) in [7, 11) is 0. The molecule has 7 nitrogen and oxygen atoms in total. The molecule has 0 spiro atoms. The molecule has 2 aliphatic rings. The van der Waals surface area contributed by atoms with E-state index in [4.69, 9.17) is 0 Å².